The molecule has 2 unspecified atom stereocenters. The van der Waals surface area contributed by atoms with Gasteiger partial charge in [-0.2, -0.15) is 0 Å². The lowest BCUT2D eigenvalue weighted by Gasteiger charge is -2.36. The smallest absolute Gasteiger partial charge is 0.128 e. The van der Waals surface area contributed by atoms with Gasteiger partial charge in [-0.3, -0.25) is 5.26 Å². The first-order valence-corrected chi connectivity index (χ1v) is 7.80. The second-order valence-electron chi connectivity index (χ2n) is 6.67. The lowest BCUT2D eigenvalue weighted by atomic mass is 9.75. The predicted molar refractivity (Wildman–Crippen MR) is 83.5 cm³/mol. The lowest BCUT2D eigenvalue weighted by molar-refractivity contribution is -0.313. The van der Waals surface area contributed by atoms with Gasteiger partial charge in [0.2, 0.25) is 0 Å². The average molecular weight is 276 g/mol. The highest BCUT2D eigenvalue weighted by Crippen LogP contribution is 2.40. The maximum atomic E-state index is 9.51. The molecule has 0 aromatic rings. The first-order chi connectivity index (χ1) is 9.48. The van der Waals surface area contributed by atoms with Crippen molar-refractivity contribution in [1.29, 1.82) is 0 Å². The van der Waals surface area contributed by atoms with Gasteiger partial charge in [0.05, 0.1) is 0 Å². The molecular formula is C18H28O2. The molecule has 0 heterocycles. The molecule has 0 spiro atoms. The Morgan fingerprint density at radius 1 is 1.20 bits per heavy atom. The van der Waals surface area contributed by atoms with E-state index in [2.05, 4.69) is 39.8 Å². The molecule has 0 saturated carbocycles. The fourth-order valence-electron chi connectivity index (χ4n) is 3.46. The van der Waals surface area contributed by atoms with Gasteiger partial charge in [-0.25, -0.2) is 4.89 Å². The Kier molecular flexibility index (Phi) is 4.87. The molecule has 0 bridgehead atoms. The van der Waals surface area contributed by atoms with E-state index in [1.165, 1.54) is 35.1 Å². The number of allylic oxidation sites excluding steroid dienone is 4. The van der Waals surface area contributed by atoms with Crippen molar-refractivity contribution in [3.63, 3.8) is 0 Å². The molecule has 2 rings (SSSR count). The molecule has 2 aliphatic carbocycles. The maximum Gasteiger partial charge on any atom is 0.128 e. The molecule has 0 saturated heterocycles. The van der Waals surface area contributed by atoms with Crippen LogP contribution in [0, 0.1) is 5.92 Å². The molecule has 0 aromatic heterocycles. The van der Waals surface area contributed by atoms with E-state index in [4.69, 9.17) is 4.89 Å². The molecule has 2 atom stereocenters. The first-order valence-electron chi connectivity index (χ1n) is 7.80. The Balaban J connectivity index is 2.23. The van der Waals surface area contributed by atoms with Gasteiger partial charge in [0.15, 0.2) is 0 Å². The van der Waals surface area contributed by atoms with Gasteiger partial charge >= 0.3 is 0 Å². The number of rotatable bonds is 3. The lowest BCUT2D eigenvalue weighted by Crippen LogP contribution is -2.36. The Hall–Kier alpha value is -0.860. The van der Waals surface area contributed by atoms with E-state index < -0.39 is 5.60 Å². The van der Waals surface area contributed by atoms with Crippen molar-refractivity contribution in [1.82, 2.24) is 0 Å². The van der Waals surface area contributed by atoms with Crippen LogP contribution in [-0.4, -0.2) is 10.9 Å². The molecule has 20 heavy (non-hydrogen) atoms. The summed E-state index contributed by atoms with van der Waals surface area (Å²) in [7, 11) is 0. The highest BCUT2D eigenvalue weighted by Gasteiger charge is 2.36. The van der Waals surface area contributed by atoms with Crippen molar-refractivity contribution in [3.8, 4) is 0 Å². The summed E-state index contributed by atoms with van der Waals surface area (Å²) >= 11 is 0. The molecule has 0 aromatic carbocycles. The molecule has 0 amide bonds. The third-order valence-corrected chi connectivity index (χ3v) is 5.40. The number of hydrogen-bond donors (Lipinski definition) is 1. The van der Waals surface area contributed by atoms with Crippen LogP contribution in [0.4, 0.5) is 0 Å². The van der Waals surface area contributed by atoms with E-state index in [1.807, 2.05) is 0 Å². The largest absolute Gasteiger partial charge is 0.251 e. The zero-order valence-electron chi connectivity index (χ0n) is 13.3. The van der Waals surface area contributed by atoms with Gasteiger partial charge in [0.1, 0.15) is 5.60 Å². The topological polar surface area (TPSA) is 29.5 Å². The summed E-state index contributed by atoms with van der Waals surface area (Å²) in [6.07, 6.45) is 10.8. The van der Waals surface area contributed by atoms with E-state index in [0.717, 1.165) is 25.7 Å². The Morgan fingerprint density at radius 3 is 2.40 bits per heavy atom. The quantitative estimate of drug-likeness (QED) is 0.423. The van der Waals surface area contributed by atoms with Crippen molar-refractivity contribution in [2.24, 2.45) is 5.92 Å². The van der Waals surface area contributed by atoms with E-state index in [0.29, 0.717) is 5.92 Å². The monoisotopic (exact) mass is 276 g/mol. The maximum absolute atomic E-state index is 9.51. The summed E-state index contributed by atoms with van der Waals surface area (Å²) < 4.78 is 0. The Morgan fingerprint density at radius 2 is 1.90 bits per heavy atom. The van der Waals surface area contributed by atoms with Gasteiger partial charge in [0.25, 0.3) is 0 Å². The first kappa shape index (κ1) is 15.5. The second-order valence-corrected chi connectivity index (χ2v) is 6.67. The zero-order valence-corrected chi connectivity index (χ0v) is 13.3. The zero-order chi connectivity index (χ0) is 14.8. The summed E-state index contributed by atoms with van der Waals surface area (Å²) in [5.41, 5.74) is 5.08. The van der Waals surface area contributed by atoms with Crippen molar-refractivity contribution in [2.75, 3.05) is 0 Å². The molecular weight excluding hydrogens is 248 g/mol. The van der Waals surface area contributed by atoms with Crippen molar-refractivity contribution >= 4 is 0 Å². The van der Waals surface area contributed by atoms with E-state index in [1.54, 1.807) is 0 Å². The van der Waals surface area contributed by atoms with Crippen LogP contribution >= 0.6 is 0 Å². The van der Waals surface area contributed by atoms with Crippen LogP contribution in [0.15, 0.2) is 34.4 Å². The third-order valence-electron chi connectivity index (χ3n) is 5.40. The molecule has 0 radical (unpaired) electrons. The van der Waals surface area contributed by atoms with Crippen LogP contribution in [0.1, 0.15) is 66.2 Å². The van der Waals surface area contributed by atoms with Gasteiger partial charge in [0, 0.05) is 6.42 Å². The molecule has 0 fully saturated rings. The minimum atomic E-state index is -0.486. The highest BCUT2D eigenvalue weighted by molar-refractivity contribution is 5.28. The van der Waals surface area contributed by atoms with Crippen molar-refractivity contribution in [2.45, 2.75) is 71.8 Å². The molecule has 112 valence electrons. The molecule has 2 aliphatic rings. The van der Waals surface area contributed by atoms with Gasteiger partial charge in [-0.15, -0.1) is 0 Å². The molecule has 1 N–H and O–H groups in total. The normalized spacial score (nSPS) is 32.4. The predicted octanol–water partition coefficient (Wildman–Crippen LogP) is 5.43. The van der Waals surface area contributed by atoms with Crippen LogP contribution in [0.2, 0.25) is 0 Å². The average Bonchev–Trinajstić information content (AvgIpc) is 2.48. The van der Waals surface area contributed by atoms with Gasteiger partial charge in [-0.05, 0) is 71.3 Å². The Bertz CT molecular complexity index is 456. The minimum absolute atomic E-state index is 0.486. The fraction of sp³-hybridized carbons (Fsp3) is 0.667. The van der Waals surface area contributed by atoms with Crippen LogP contribution in [-0.2, 0) is 4.89 Å². The summed E-state index contributed by atoms with van der Waals surface area (Å²) in [5, 5.41) is 9.51. The SMILES string of the molecule is CC1=CCC(C(C)=C(C)C2(OO)CC=C(C)CC2)CC1. The van der Waals surface area contributed by atoms with Crippen LogP contribution in [0.3, 0.4) is 0 Å². The van der Waals surface area contributed by atoms with Gasteiger partial charge < -0.3 is 0 Å². The summed E-state index contributed by atoms with van der Waals surface area (Å²) in [5.74, 6) is 0.609. The van der Waals surface area contributed by atoms with Gasteiger partial charge in [-0.1, -0.05) is 28.9 Å². The second kappa shape index (κ2) is 6.28. The van der Waals surface area contributed by atoms with Crippen LogP contribution in [0.25, 0.3) is 0 Å². The van der Waals surface area contributed by atoms with E-state index in [9.17, 15) is 5.26 Å². The number of hydrogen-bond acceptors (Lipinski definition) is 2. The molecule has 2 nitrogen and oxygen atoms in total. The summed E-state index contributed by atoms with van der Waals surface area (Å²) in [4.78, 5) is 5.00. The van der Waals surface area contributed by atoms with E-state index in [-0.39, 0.29) is 0 Å². The Labute approximate surface area is 123 Å². The van der Waals surface area contributed by atoms with Crippen LogP contribution in [0.5, 0.6) is 0 Å². The highest BCUT2D eigenvalue weighted by atomic mass is 17.1. The van der Waals surface area contributed by atoms with E-state index >= 15 is 0 Å². The minimum Gasteiger partial charge on any atom is -0.251 e. The fourth-order valence-corrected chi connectivity index (χ4v) is 3.46. The third kappa shape index (κ3) is 3.07. The summed E-state index contributed by atoms with van der Waals surface area (Å²) in [6, 6.07) is 0. The van der Waals surface area contributed by atoms with Crippen molar-refractivity contribution in [3.05, 3.63) is 34.4 Å². The molecule has 0 aliphatic heterocycles. The standard InChI is InChI=1S/C18H28O2/c1-13-5-7-17(8-6-13)15(3)16(4)18(20-19)11-9-14(2)10-12-18/h5,9,17,19H,6-8,10-12H2,1-4H3. The molecule has 2 heteroatoms. The van der Waals surface area contributed by atoms with Crippen molar-refractivity contribution < 1.29 is 10.1 Å². The van der Waals surface area contributed by atoms with Crippen LogP contribution < -0.4 is 0 Å². The summed E-state index contributed by atoms with van der Waals surface area (Å²) in [6.45, 7) is 8.74.